The molecule has 1 unspecified atom stereocenters. The van der Waals surface area contributed by atoms with Crippen LogP contribution < -0.4 is 4.74 Å². The number of halogens is 2. The van der Waals surface area contributed by atoms with Crippen molar-refractivity contribution >= 4 is 27.5 Å². The predicted octanol–water partition coefficient (Wildman–Crippen LogP) is 4.97. The first-order valence-electron chi connectivity index (χ1n) is 5.16. The van der Waals surface area contributed by atoms with Gasteiger partial charge in [-0.25, -0.2) is 0 Å². The van der Waals surface area contributed by atoms with E-state index < -0.39 is 0 Å². The smallest absolute Gasteiger partial charge is 0.137 e. The van der Waals surface area contributed by atoms with Crippen molar-refractivity contribution in [3.8, 4) is 5.75 Å². The summed E-state index contributed by atoms with van der Waals surface area (Å²) >= 11 is 9.73. The van der Waals surface area contributed by atoms with Gasteiger partial charge in [-0.15, -0.1) is 0 Å². The molecule has 0 heterocycles. The Morgan fingerprint density at radius 1 is 1.47 bits per heavy atom. The SMILES string of the molecule is CCCCC(Br)c1ccc(OC)c(Cl)c1. The van der Waals surface area contributed by atoms with Crippen molar-refractivity contribution in [2.24, 2.45) is 0 Å². The number of rotatable bonds is 5. The second-order valence-corrected chi connectivity index (χ2v) is 5.02. The molecule has 0 bridgehead atoms. The lowest BCUT2D eigenvalue weighted by atomic mass is 10.1. The molecule has 84 valence electrons. The van der Waals surface area contributed by atoms with Gasteiger partial charge in [0.25, 0.3) is 0 Å². The Hall–Kier alpha value is -0.210. The minimum absolute atomic E-state index is 0.390. The van der Waals surface area contributed by atoms with Crippen LogP contribution >= 0.6 is 27.5 Å². The molecule has 0 aliphatic rings. The molecule has 1 aromatic carbocycles. The first-order valence-corrected chi connectivity index (χ1v) is 6.46. The third-order valence-electron chi connectivity index (χ3n) is 2.35. The van der Waals surface area contributed by atoms with E-state index in [4.69, 9.17) is 16.3 Å². The number of alkyl halides is 1. The Morgan fingerprint density at radius 2 is 2.20 bits per heavy atom. The van der Waals surface area contributed by atoms with E-state index in [1.54, 1.807) is 7.11 Å². The number of hydrogen-bond donors (Lipinski definition) is 0. The number of methoxy groups -OCH3 is 1. The fourth-order valence-corrected chi connectivity index (χ4v) is 2.30. The van der Waals surface area contributed by atoms with Crippen molar-refractivity contribution in [3.05, 3.63) is 28.8 Å². The van der Waals surface area contributed by atoms with E-state index in [1.807, 2.05) is 12.1 Å². The third kappa shape index (κ3) is 3.69. The van der Waals surface area contributed by atoms with Crippen molar-refractivity contribution < 1.29 is 4.74 Å². The fraction of sp³-hybridized carbons (Fsp3) is 0.500. The van der Waals surface area contributed by atoms with Crippen LogP contribution in [0.15, 0.2) is 18.2 Å². The Bertz CT molecular complexity index is 314. The molecule has 1 atom stereocenters. The molecule has 1 nitrogen and oxygen atoms in total. The lowest BCUT2D eigenvalue weighted by Crippen LogP contribution is -1.91. The molecular formula is C12H16BrClO. The van der Waals surface area contributed by atoms with Crippen LogP contribution in [0.2, 0.25) is 5.02 Å². The lowest BCUT2D eigenvalue weighted by molar-refractivity contribution is 0.415. The van der Waals surface area contributed by atoms with Crippen LogP contribution in [0.5, 0.6) is 5.75 Å². The van der Waals surface area contributed by atoms with Crippen molar-refractivity contribution in [1.82, 2.24) is 0 Å². The highest BCUT2D eigenvalue weighted by Crippen LogP contribution is 2.33. The maximum Gasteiger partial charge on any atom is 0.137 e. The van der Waals surface area contributed by atoms with E-state index in [0.717, 1.165) is 12.2 Å². The highest BCUT2D eigenvalue weighted by Gasteiger charge is 2.09. The molecule has 0 saturated carbocycles. The molecular weight excluding hydrogens is 275 g/mol. The van der Waals surface area contributed by atoms with Crippen molar-refractivity contribution in [2.75, 3.05) is 7.11 Å². The first kappa shape index (κ1) is 12.9. The second-order valence-electron chi connectivity index (χ2n) is 3.50. The van der Waals surface area contributed by atoms with Gasteiger partial charge in [0.05, 0.1) is 12.1 Å². The molecule has 0 aliphatic heterocycles. The van der Waals surface area contributed by atoms with E-state index >= 15 is 0 Å². The minimum atomic E-state index is 0.390. The van der Waals surface area contributed by atoms with E-state index in [1.165, 1.54) is 18.4 Å². The Balaban J connectivity index is 2.73. The standard InChI is InChI=1S/C12H16BrClO/c1-3-4-5-10(13)9-6-7-12(15-2)11(14)8-9/h6-8,10H,3-5H2,1-2H3. The third-order valence-corrected chi connectivity index (χ3v) is 3.63. The van der Waals surface area contributed by atoms with Gasteiger partial charge in [0.15, 0.2) is 0 Å². The average Bonchev–Trinajstić information content (AvgIpc) is 2.25. The van der Waals surface area contributed by atoms with Crippen molar-refractivity contribution in [2.45, 2.75) is 31.0 Å². The van der Waals surface area contributed by atoms with Gasteiger partial charge in [-0.2, -0.15) is 0 Å². The van der Waals surface area contributed by atoms with Gasteiger partial charge in [0.1, 0.15) is 5.75 Å². The van der Waals surface area contributed by atoms with Gasteiger partial charge >= 0.3 is 0 Å². The normalized spacial score (nSPS) is 12.5. The summed E-state index contributed by atoms with van der Waals surface area (Å²) in [5.74, 6) is 0.732. The van der Waals surface area contributed by atoms with Gasteiger partial charge in [-0.05, 0) is 24.1 Å². The molecule has 1 aromatic rings. The van der Waals surface area contributed by atoms with Gasteiger partial charge < -0.3 is 4.74 Å². The minimum Gasteiger partial charge on any atom is -0.495 e. The predicted molar refractivity (Wildman–Crippen MR) is 69.2 cm³/mol. The molecule has 0 aromatic heterocycles. The summed E-state index contributed by atoms with van der Waals surface area (Å²) in [7, 11) is 1.63. The van der Waals surface area contributed by atoms with Crippen LogP contribution in [-0.2, 0) is 0 Å². The maximum absolute atomic E-state index is 6.06. The fourth-order valence-electron chi connectivity index (χ4n) is 1.43. The number of benzene rings is 1. The summed E-state index contributed by atoms with van der Waals surface area (Å²) in [6.07, 6.45) is 3.57. The van der Waals surface area contributed by atoms with Crippen LogP contribution in [0.1, 0.15) is 36.6 Å². The van der Waals surface area contributed by atoms with Gasteiger partial charge in [0, 0.05) is 4.83 Å². The zero-order chi connectivity index (χ0) is 11.3. The Labute approximate surface area is 105 Å². The molecule has 0 fully saturated rings. The van der Waals surface area contributed by atoms with Crippen molar-refractivity contribution in [1.29, 1.82) is 0 Å². The monoisotopic (exact) mass is 290 g/mol. The topological polar surface area (TPSA) is 9.23 Å². The van der Waals surface area contributed by atoms with Gasteiger partial charge in [-0.1, -0.05) is 53.4 Å². The van der Waals surface area contributed by atoms with Crippen LogP contribution in [0, 0.1) is 0 Å². The summed E-state index contributed by atoms with van der Waals surface area (Å²) < 4.78 is 5.11. The summed E-state index contributed by atoms with van der Waals surface area (Å²) in [6.45, 7) is 2.20. The van der Waals surface area contributed by atoms with Crippen LogP contribution in [-0.4, -0.2) is 7.11 Å². The summed E-state index contributed by atoms with van der Waals surface area (Å²) in [4.78, 5) is 0.390. The molecule has 0 saturated heterocycles. The lowest BCUT2D eigenvalue weighted by Gasteiger charge is -2.11. The van der Waals surface area contributed by atoms with Gasteiger partial charge in [0.2, 0.25) is 0 Å². The van der Waals surface area contributed by atoms with E-state index in [-0.39, 0.29) is 0 Å². The Kier molecular flexibility index (Phi) is 5.48. The number of unbranched alkanes of at least 4 members (excludes halogenated alkanes) is 1. The highest BCUT2D eigenvalue weighted by molar-refractivity contribution is 9.09. The zero-order valence-corrected chi connectivity index (χ0v) is 11.4. The summed E-state index contributed by atoms with van der Waals surface area (Å²) in [6, 6.07) is 5.94. The quantitative estimate of drug-likeness (QED) is 0.696. The molecule has 0 amide bonds. The van der Waals surface area contributed by atoms with Crippen LogP contribution in [0.25, 0.3) is 0 Å². The zero-order valence-electron chi connectivity index (χ0n) is 9.09. The van der Waals surface area contributed by atoms with Gasteiger partial charge in [-0.3, -0.25) is 0 Å². The largest absolute Gasteiger partial charge is 0.495 e. The molecule has 1 rings (SSSR count). The molecule has 0 N–H and O–H groups in total. The second kappa shape index (κ2) is 6.39. The average molecular weight is 292 g/mol. The highest BCUT2D eigenvalue weighted by atomic mass is 79.9. The molecule has 15 heavy (non-hydrogen) atoms. The van der Waals surface area contributed by atoms with Crippen LogP contribution in [0.3, 0.4) is 0 Å². The van der Waals surface area contributed by atoms with Crippen LogP contribution in [0.4, 0.5) is 0 Å². The molecule has 3 heteroatoms. The van der Waals surface area contributed by atoms with E-state index in [9.17, 15) is 0 Å². The molecule has 0 radical (unpaired) electrons. The number of hydrogen-bond acceptors (Lipinski definition) is 1. The van der Waals surface area contributed by atoms with E-state index in [0.29, 0.717) is 9.85 Å². The van der Waals surface area contributed by atoms with E-state index in [2.05, 4.69) is 28.9 Å². The summed E-state index contributed by atoms with van der Waals surface area (Å²) in [5.41, 5.74) is 1.22. The maximum atomic E-state index is 6.06. The number of ether oxygens (including phenoxy) is 1. The first-order chi connectivity index (χ1) is 7.19. The summed E-state index contributed by atoms with van der Waals surface area (Å²) in [5, 5.41) is 0.677. The molecule has 0 spiro atoms. The molecule has 0 aliphatic carbocycles. The van der Waals surface area contributed by atoms with Crippen molar-refractivity contribution in [3.63, 3.8) is 0 Å². The Morgan fingerprint density at radius 3 is 2.73 bits per heavy atom.